The zero-order valence-corrected chi connectivity index (χ0v) is 11.3. The first-order chi connectivity index (χ1) is 10.4. The van der Waals surface area contributed by atoms with E-state index in [9.17, 15) is 26.3 Å². The normalized spacial score (nSPS) is 12.3. The van der Waals surface area contributed by atoms with Gasteiger partial charge in [-0.3, -0.25) is 0 Å². The molecule has 2 rings (SSSR count). The van der Waals surface area contributed by atoms with Crippen LogP contribution in [0.3, 0.4) is 0 Å². The van der Waals surface area contributed by atoms with Crippen molar-refractivity contribution in [3.05, 3.63) is 47.5 Å². The Morgan fingerprint density at radius 3 is 1.26 bits per heavy atom. The van der Waals surface area contributed by atoms with Crippen molar-refractivity contribution in [2.24, 2.45) is 0 Å². The lowest BCUT2D eigenvalue weighted by atomic mass is 10.1. The molecule has 4 N–H and O–H groups in total. The molecular weight excluding hydrogens is 326 g/mol. The van der Waals surface area contributed by atoms with E-state index in [0.29, 0.717) is 24.3 Å². The molecule has 0 aliphatic rings. The van der Waals surface area contributed by atoms with E-state index in [4.69, 9.17) is 16.2 Å². The number of nitrogens with two attached hydrogens (primary N) is 2. The fourth-order valence-corrected chi connectivity index (χ4v) is 1.83. The standard InChI is InChI=1S/C14H10F6N2O/c15-13(16,17)7-1-9(21)5-11(3-7)23-12-4-8(14(18,19)20)2-10(22)6-12/h1-6H,21-22H2. The number of anilines is 2. The lowest BCUT2D eigenvalue weighted by Crippen LogP contribution is -2.07. The van der Waals surface area contributed by atoms with E-state index >= 15 is 0 Å². The molecule has 2 aromatic carbocycles. The molecule has 0 bridgehead atoms. The van der Waals surface area contributed by atoms with Crippen LogP contribution in [-0.2, 0) is 12.4 Å². The van der Waals surface area contributed by atoms with Crippen LogP contribution in [0.5, 0.6) is 11.5 Å². The minimum atomic E-state index is -4.67. The Labute approximate surface area is 126 Å². The van der Waals surface area contributed by atoms with Crippen LogP contribution in [0.25, 0.3) is 0 Å². The summed E-state index contributed by atoms with van der Waals surface area (Å²) >= 11 is 0. The number of nitrogen functional groups attached to an aromatic ring is 2. The molecule has 0 unspecified atom stereocenters. The molecule has 0 spiro atoms. The van der Waals surface area contributed by atoms with Gasteiger partial charge in [-0.15, -0.1) is 0 Å². The van der Waals surface area contributed by atoms with E-state index in [1.807, 2.05) is 0 Å². The predicted molar refractivity (Wildman–Crippen MR) is 71.8 cm³/mol. The highest BCUT2D eigenvalue weighted by atomic mass is 19.4. The van der Waals surface area contributed by atoms with E-state index in [2.05, 4.69) is 0 Å². The third-order valence-corrected chi connectivity index (χ3v) is 2.75. The van der Waals surface area contributed by atoms with E-state index in [1.54, 1.807) is 0 Å². The first-order valence-electron chi connectivity index (χ1n) is 6.08. The highest BCUT2D eigenvalue weighted by Crippen LogP contribution is 2.37. The van der Waals surface area contributed by atoms with Gasteiger partial charge in [0.2, 0.25) is 0 Å². The summed E-state index contributed by atoms with van der Waals surface area (Å²) < 4.78 is 81.2. The van der Waals surface area contributed by atoms with Gasteiger partial charge in [-0.2, -0.15) is 26.3 Å². The molecule has 0 aliphatic carbocycles. The molecule has 0 amide bonds. The van der Waals surface area contributed by atoms with Crippen molar-refractivity contribution < 1.29 is 31.1 Å². The zero-order valence-electron chi connectivity index (χ0n) is 11.3. The summed E-state index contributed by atoms with van der Waals surface area (Å²) in [4.78, 5) is 0. The van der Waals surface area contributed by atoms with E-state index < -0.39 is 23.5 Å². The average molecular weight is 336 g/mol. The molecule has 2 aromatic rings. The second kappa shape index (κ2) is 5.56. The quantitative estimate of drug-likeness (QED) is 0.618. The maximum atomic E-state index is 12.7. The Morgan fingerprint density at radius 2 is 0.957 bits per heavy atom. The smallest absolute Gasteiger partial charge is 0.416 e. The fraction of sp³-hybridized carbons (Fsp3) is 0.143. The Hall–Kier alpha value is -2.58. The zero-order chi connectivity index (χ0) is 17.4. The third kappa shape index (κ3) is 4.21. The molecule has 0 aliphatic heterocycles. The summed E-state index contributed by atoms with van der Waals surface area (Å²) in [5.74, 6) is -0.702. The van der Waals surface area contributed by atoms with Crippen molar-refractivity contribution in [1.29, 1.82) is 0 Å². The molecule has 0 atom stereocenters. The number of hydrogen-bond acceptors (Lipinski definition) is 3. The largest absolute Gasteiger partial charge is 0.457 e. The molecule has 0 fully saturated rings. The Bertz CT molecular complexity index is 663. The summed E-state index contributed by atoms with van der Waals surface area (Å²) in [6.07, 6.45) is -9.33. The van der Waals surface area contributed by atoms with Gasteiger partial charge in [0.1, 0.15) is 11.5 Å². The van der Waals surface area contributed by atoms with Crippen LogP contribution in [0, 0.1) is 0 Å². The predicted octanol–water partition coefficient (Wildman–Crippen LogP) is 4.68. The number of hydrogen-bond donors (Lipinski definition) is 2. The second-order valence-corrected chi connectivity index (χ2v) is 4.68. The number of benzene rings is 2. The molecule has 23 heavy (non-hydrogen) atoms. The molecular formula is C14H10F6N2O. The molecule has 0 heterocycles. The SMILES string of the molecule is Nc1cc(Oc2cc(N)cc(C(F)(F)F)c2)cc(C(F)(F)F)c1. The van der Waals surface area contributed by atoms with Crippen LogP contribution in [-0.4, -0.2) is 0 Å². The van der Waals surface area contributed by atoms with Gasteiger partial charge in [-0.05, 0) is 24.3 Å². The fourth-order valence-electron chi connectivity index (χ4n) is 1.83. The van der Waals surface area contributed by atoms with Gasteiger partial charge in [0.15, 0.2) is 0 Å². The van der Waals surface area contributed by atoms with E-state index in [-0.39, 0.29) is 22.9 Å². The number of rotatable bonds is 2. The van der Waals surface area contributed by atoms with Crippen molar-refractivity contribution in [2.75, 3.05) is 11.5 Å². The number of halogens is 6. The van der Waals surface area contributed by atoms with Crippen LogP contribution in [0.1, 0.15) is 11.1 Å². The molecule has 124 valence electrons. The first-order valence-corrected chi connectivity index (χ1v) is 6.08. The minimum Gasteiger partial charge on any atom is -0.457 e. The lowest BCUT2D eigenvalue weighted by molar-refractivity contribution is -0.138. The number of ether oxygens (including phenoxy) is 1. The monoisotopic (exact) mass is 336 g/mol. The molecule has 9 heteroatoms. The highest BCUT2D eigenvalue weighted by molar-refractivity contribution is 5.52. The Morgan fingerprint density at radius 1 is 0.609 bits per heavy atom. The number of alkyl halides is 6. The molecule has 0 saturated carbocycles. The van der Waals surface area contributed by atoms with Crippen LogP contribution < -0.4 is 16.2 Å². The average Bonchev–Trinajstić information content (AvgIpc) is 2.35. The Balaban J connectivity index is 2.40. The van der Waals surface area contributed by atoms with Crippen LogP contribution in [0.15, 0.2) is 36.4 Å². The van der Waals surface area contributed by atoms with Gasteiger partial charge >= 0.3 is 12.4 Å². The maximum Gasteiger partial charge on any atom is 0.416 e. The summed E-state index contributed by atoms with van der Waals surface area (Å²) in [5, 5.41) is 0. The molecule has 3 nitrogen and oxygen atoms in total. The van der Waals surface area contributed by atoms with Gasteiger partial charge in [-0.1, -0.05) is 0 Å². The van der Waals surface area contributed by atoms with Crippen LogP contribution in [0.4, 0.5) is 37.7 Å². The van der Waals surface area contributed by atoms with Crippen LogP contribution >= 0.6 is 0 Å². The van der Waals surface area contributed by atoms with Gasteiger partial charge in [-0.25, -0.2) is 0 Å². The minimum absolute atomic E-state index is 0.241. The Kier molecular flexibility index (Phi) is 4.06. The van der Waals surface area contributed by atoms with Gasteiger partial charge in [0.25, 0.3) is 0 Å². The van der Waals surface area contributed by atoms with Crippen LogP contribution in [0.2, 0.25) is 0 Å². The van der Waals surface area contributed by atoms with Crippen molar-refractivity contribution >= 4 is 11.4 Å². The molecule has 0 aromatic heterocycles. The van der Waals surface area contributed by atoms with Gasteiger partial charge in [0.05, 0.1) is 11.1 Å². The second-order valence-electron chi connectivity index (χ2n) is 4.68. The highest BCUT2D eigenvalue weighted by Gasteiger charge is 2.32. The van der Waals surface area contributed by atoms with Crippen molar-refractivity contribution in [2.45, 2.75) is 12.4 Å². The van der Waals surface area contributed by atoms with Crippen molar-refractivity contribution in [3.63, 3.8) is 0 Å². The van der Waals surface area contributed by atoms with E-state index in [1.165, 1.54) is 0 Å². The topological polar surface area (TPSA) is 61.3 Å². The summed E-state index contributed by atoms with van der Waals surface area (Å²) in [5.41, 5.74) is 8.07. The maximum absolute atomic E-state index is 12.7. The summed E-state index contributed by atoms with van der Waals surface area (Å²) in [7, 11) is 0. The summed E-state index contributed by atoms with van der Waals surface area (Å²) in [6, 6.07) is 4.76. The molecule has 0 saturated heterocycles. The third-order valence-electron chi connectivity index (χ3n) is 2.75. The van der Waals surface area contributed by atoms with Gasteiger partial charge < -0.3 is 16.2 Å². The van der Waals surface area contributed by atoms with E-state index in [0.717, 1.165) is 12.1 Å². The molecule has 0 radical (unpaired) electrons. The summed E-state index contributed by atoms with van der Waals surface area (Å²) in [6.45, 7) is 0. The van der Waals surface area contributed by atoms with Crippen molar-refractivity contribution in [1.82, 2.24) is 0 Å². The lowest BCUT2D eigenvalue weighted by Gasteiger charge is -2.13. The first kappa shape index (κ1) is 16.8. The van der Waals surface area contributed by atoms with Crippen molar-refractivity contribution in [3.8, 4) is 11.5 Å². The van der Waals surface area contributed by atoms with Gasteiger partial charge in [0, 0.05) is 23.5 Å².